The molecule has 2 heterocycles. The van der Waals surface area contributed by atoms with E-state index in [0.717, 1.165) is 26.1 Å². The number of esters is 1. The maximum absolute atomic E-state index is 12.7. The van der Waals surface area contributed by atoms with Gasteiger partial charge in [-0.1, -0.05) is 31.9 Å². The van der Waals surface area contributed by atoms with Crippen LogP contribution in [-0.4, -0.2) is 67.3 Å². The molecule has 0 aromatic rings. The molecule has 2 aliphatic heterocycles. The number of rotatable bonds is 3. The van der Waals surface area contributed by atoms with E-state index in [4.69, 9.17) is 9.47 Å². The largest absolute Gasteiger partial charge is 0.461 e. The van der Waals surface area contributed by atoms with Crippen LogP contribution in [0.3, 0.4) is 0 Å². The van der Waals surface area contributed by atoms with Gasteiger partial charge < -0.3 is 14.4 Å². The number of hydrogen-bond donors (Lipinski definition) is 0. The van der Waals surface area contributed by atoms with E-state index in [0.29, 0.717) is 25.6 Å². The lowest BCUT2D eigenvalue weighted by Gasteiger charge is -2.46. The first-order valence-electron chi connectivity index (χ1n) is 11.0. The van der Waals surface area contributed by atoms with E-state index >= 15 is 0 Å². The Morgan fingerprint density at radius 2 is 2.07 bits per heavy atom. The van der Waals surface area contributed by atoms with Crippen molar-refractivity contribution in [1.29, 1.82) is 0 Å². The summed E-state index contributed by atoms with van der Waals surface area (Å²) in [6, 6.07) is 0. The van der Waals surface area contributed by atoms with E-state index in [9.17, 15) is 9.59 Å². The predicted molar refractivity (Wildman–Crippen MR) is 106 cm³/mol. The molecule has 4 aliphatic rings. The molecule has 0 aromatic heterocycles. The second-order valence-corrected chi connectivity index (χ2v) is 9.33. The van der Waals surface area contributed by atoms with Crippen LogP contribution in [0.2, 0.25) is 0 Å². The van der Waals surface area contributed by atoms with Crippen LogP contribution in [0.1, 0.15) is 46.5 Å². The number of hydrogen-bond acceptors (Lipinski definition) is 5. The van der Waals surface area contributed by atoms with Crippen molar-refractivity contribution in [3.8, 4) is 0 Å². The molecule has 3 fully saturated rings. The Labute approximate surface area is 168 Å². The fourth-order valence-electron chi connectivity index (χ4n) is 5.86. The van der Waals surface area contributed by atoms with Gasteiger partial charge in [0.15, 0.2) is 0 Å². The van der Waals surface area contributed by atoms with Crippen LogP contribution in [0, 0.1) is 23.2 Å². The molecule has 0 N–H and O–H groups in total. The van der Waals surface area contributed by atoms with Gasteiger partial charge in [-0.05, 0) is 37.5 Å². The smallest absolute Gasteiger partial charge is 0.409 e. The predicted octanol–water partition coefficient (Wildman–Crippen LogP) is 3.07. The molecule has 6 heteroatoms. The summed E-state index contributed by atoms with van der Waals surface area (Å²) in [6.45, 7) is 10.5. The Balaban J connectivity index is 1.42. The van der Waals surface area contributed by atoms with Gasteiger partial charge in [0.05, 0.1) is 12.5 Å². The van der Waals surface area contributed by atoms with Crippen molar-refractivity contribution in [1.82, 2.24) is 9.80 Å². The number of nitrogens with zero attached hydrogens (tertiary/aromatic N) is 2. The van der Waals surface area contributed by atoms with E-state index in [1.54, 1.807) is 10.5 Å². The molecule has 1 saturated carbocycles. The van der Waals surface area contributed by atoms with Crippen molar-refractivity contribution in [3.05, 3.63) is 11.6 Å². The van der Waals surface area contributed by atoms with Gasteiger partial charge in [-0.15, -0.1) is 0 Å². The highest BCUT2D eigenvalue weighted by Crippen LogP contribution is 2.53. The average molecular weight is 391 g/mol. The monoisotopic (exact) mass is 390 g/mol. The van der Waals surface area contributed by atoms with Crippen molar-refractivity contribution < 1.29 is 19.1 Å². The Kier molecular flexibility index (Phi) is 5.43. The van der Waals surface area contributed by atoms with Gasteiger partial charge in [-0.25, -0.2) is 4.79 Å². The van der Waals surface area contributed by atoms with Gasteiger partial charge in [-0.2, -0.15) is 0 Å². The molecule has 0 unspecified atom stereocenters. The fraction of sp³-hybridized carbons (Fsp3) is 0.818. The third-order valence-corrected chi connectivity index (χ3v) is 7.43. The lowest BCUT2D eigenvalue weighted by atomic mass is 9.59. The number of allylic oxidation sites excluding steroid dienone is 1. The van der Waals surface area contributed by atoms with Crippen LogP contribution in [0.5, 0.6) is 0 Å². The summed E-state index contributed by atoms with van der Waals surface area (Å²) in [6.07, 6.45) is 6.95. The molecular weight excluding hydrogens is 356 g/mol. The van der Waals surface area contributed by atoms with Gasteiger partial charge in [-0.3, -0.25) is 9.69 Å². The van der Waals surface area contributed by atoms with Gasteiger partial charge in [0.25, 0.3) is 0 Å². The molecule has 0 bridgehead atoms. The second kappa shape index (κ2) is 7.69. The standard InChI is InChI=1S/C22H34N2O4/c1-4-27-21(26)24-10-8-23(9-11-24)14-17-16-12-18-15(2)6-5-7-22(18,3)13-19(16)28-20(17)25/h12,15-17,19H,4-11,13-14H2,1-3H3/t15-,16+,17-,19+,22-/m1/s1. The zero-order valence-electron chi connectivity index (χ0n) is 17.5. The minimum atomic E-state index is -0.231. The third-order valence-electron chi connectivity index (χ3n) is 7.43. The first-order valence-corrected chi connectivity index (χ1v) is 11.0. The van der Waals surface area contributed by atoms with Gasteiger partial charge in [0.1, 0.15) is 6.10 Å². The zero-order chi connectivity index (χ0) is 19.9. The van der Waals surface area contributed by atoms with Crippen molar-refractivity contribution in [2.45, 2.75) is 52.6 Å². The zero-order valence-corrected chi connectivity index (χ0v) is 17.5. The summed E-state index contributed by atoms with van der Waals surface area (Å²) in [4.78, 5) is 28.7. The maximum atomic E-state index is 12.7. The topological polar surface area (TPSA) is 59.1 Å². The van der Waals surface area contributed by atoms with Gasteiger partial charge in [0.2, 0.25) is 0 Å². The highest BCUT2D eigenvalue weighted by Gasteiger charge is 2.52. The van der Waals surface area contributed by atoms with Crippen molar-refractivity contribution >= 4 is 12.1 Å². The Morgan fingerprint density at radius 1 is 1.32 bits per heavy atom. The lowest BCUT2D eigenvalue weighted by Crippen LogP contribution is -2.50. The van der Waals surface area contributed by atoms with Crippen LogP contribution in [0.15, 0.2) is 11.6 Å². The molecule has 156 valence electrons. The van der Waals surface area contributed by atoms with Crippen LogP contribution in [0.25, 0.3) is 0 Å². The number of ether oxygens (including phenoxy) is 2. The fourth-order valence-corrected chi connectivity index (χ4v) is 5.86. The van der Waals surface area contributed by atoms with E-state index in [2.05, 4.69) is 24.8 Å². The first-order chi connectivity index (χ1) is 13.4. The van der Waals surface area contributed by atoms with E-state index in [1.807, 2.05) is 6.92 Å². The Hall–Kier alpha value is -1.56. The summed E-state index contributed by atoms with van der Waals surface area (Å²) in [5, 5.41) is 0. The Bertz CT molecular complexity index is 655. The molecule has 0 radical (unpaired) electrons. The van der Waals surface area contributed by atoms with Crippen LogP contribution >= 0.6 is 0 Å². The molecule has 0 aromatic carbocycles. The van der Waals surface area contributed by atoms with Gasteiger partial charge >= 0.3 is 12.1 Å². The summed E-state index contributed by atoms with van der Waals surface area (Å²) in [7, 11) is 0. The normalized spacial score (nSPS) is 38.3. The number of carbonyl (C=O) groups is 2. The second-order valence-electron chi connectivity index (χ2n) is 9.33. The summed E-state index contributed by atoms with van der Waals surface area (Å²) >= 11 is 0. The highest BCUT2D eigenvalue weighted by atomic mass is 16.6. The highest BCUT2D eigenvalue weighted by molar-refractivity contribution is 5.76. The SMILES string of the molecule is CCOC(=O)N1CCN(C[C@H]2C(=O)O[C@H]3C[C@@]4(C)CCC[C@@H](C)C4=C[C@H]32)CC1. The van der Waals surface area contributed by atoms with Crippen LogP contribution < -0.4 is 0 Å². The quantitative estimate of drug-likeness (QED) is 0.547. The van der Waals surface area contributed by atoms with E-state index < -0.39 is 0 Å². The molecular formula is C22H34N2O4. The van der Waals surface area contributed by atoms with Crippen molar-refractivity contribution in [2.75, 3.05) is 39.3 Å². The average Bonchev–Trinajstić information content (AvgIpc) is 2.95. The molecule has 6 nitrogen and oxygen atoms in total. The molecule has 2 aliphatic carbocycles. The summed E-state index contributed by atoms with van der Waals surface area (Å²) in [5.74, 6) is 0.711. The number of piperazine rings is 1. The number of amides is 1. The molecule has 0 spiro atoms. The first kappa shape index (κ1) is 19.7. The maximum Gasteiger partial charge on any atom is 0.409 e. The minimum Gasteiger partial charge on any atom is -0.461 e. The van der Waals surface area contributed by atoms with Crippen molar-refractivity contribution in [3.63, 3.8) is 0 Å². The summed E-state index contributed by atoms with van der Waals surface area (Å²) < 4.78 is 11.0. The molecule has 1 amide bonds. The lowest BCUT2D eigenvalue weighted by molar-refractivity contribution is -0.145. The third kappa shape index (κ3) is 3.56. The van der Waals surface area contributed by atoms with Gasteiger partial charge in [0, 0.05) is 38.6 Å². The van der Waals surface area contributed by atoms with Crippen molar-refractivity contribution in [2.24, 2.45) is 23.2 Å². The van der Waals surface area contributed by atoms with Crippen LogP contribution in [0.4, 0.5) is 4.79 Å². The molecule has 5 atom stereocenters. The number of fused-ring (bicyclic) bond motifs is 2. The summed E-state index contributed by atoms with van der Waals surface area (Å²) in [5.41, 5.74) is 1.77. The molecule has 4 rings (SSSR count). The Morgan fingerprint density at radius 3 is 2.79 bits per heavy atom. The van der Waals surface area contributed by atoms with E-state index in [1.165, 1.54) is 19.3 Å². The molecule has 28 heavy (non-hydrogen) atoms. The van der Waals surface area contributed by atoms with Crippen LogP contribution in [-0.2, 0) is 14.3 Å². The number of carbonyl (C=O) groups excluding carboxylic acids is 2. The van der Waals surface area contributed by atoms with E-state index in [-0.39, 0.29) is 35.4 Å². The minimum absolute atomic E-state index is 0.0328. The molecule has 2 saturated heterocycles.